The maximum absolute atomic E-state index is 11.6. The van der Waals surface area contributed by atoms with Crippen molar-refractivity contribution in [3.63, 3.8) is 0 Å². The van der Waals surface area contributed by atoms with Gasteiger partial charge >= 0.3 is 6.03 Å². The van der Waals surface area contributed by atoms with E-state index in [4.69, 9.17) is 4.74 Å². The molecule has 0 aromatic carbocycles. The molecule has 8 nitrogen and oxygen atoms in total. The minimum Gasteiger partial charge on any atom is -0.481 e. The van der Waals surface area contributed by atoms with Gasteiger partial charge in [-0.05, 0) is 25.1 Å². The van der Waals surface area contributed by atoms with Crippen LogP contribution in [-0.2, 0) is 0 Å². The number of methoxy groups -OCH3 is 1. The van der Waals surface area contributed by atoms with Gasteiger partial charge in [-0.15, -0.1) is 0 Å². The highest BCUT2D eigenvalue weighted by Gasteiger charge is 2.07. The Balaban J connectivity index is 1.91. The van der Waals surface area contributed by atoms with Gasteiger partial charge < -0.3 is 10.1 Å². The number of pyridine rings is 2. The normalized spacial score (nSPS) is 10.4. The van der Waals surface area contributed by atoms with E-state index in [0.29, 0.717) is 35.1 Å². The Labute approximate surface area is 138 Å². The molecule has 24 heavy (non-hydrogen) atoms. The fourth-order valence-corrected chi connectivity index (χ4v) is 2.08. The lowest BCUT2D eigenvalue weighted by molar-refractivity contribution is 0.252. The molecular formula is C16H16N6O2. The number of nitrogens with one attached hydrogen (secondary N) is 2. The summed E-state index contributed by atoms with van der Waals surface area (Å²) in [5.41, 5.74) is 2.52. The van der Waals surface area contributed by atoms with Crippen LogP contribution in [0.5, 0.6) is 5.88 Å². The standard InChI is InChI=1S/C16H16N6O2/c1-3-17-16(23)22-13-6-5-11-15(21-13)20-12(9-18-11)10-4-7-14(24-2)19-8-10/h4-9H,3H2,1-2H3,(H2,17,20,21,22,23). The van der Waals surface area contributed by atoms with Gasteiger partial charge in [0.05, 0.1) is 19.0 Å². The maximum Gasteiger partial charge on any atom is 0.320 e. The first-order chi connectivity index (χ1) is 11.7. The molecule has 0 aliphatic heterocycles. The average Bonchev–Trinajstić information content (AvgIpc) is 2.61. The van der Waals surface area contributed by atoms with E-state index in [2.05, 4.69) is 30.6 Å². The van der Waals surface area contributed by atoms with Crippen LogP contribution in [0, 0.1) is 0 Å². The van der Waals surface area contributed by atoms with E-state index in [9.17, 15) is 4.79 Å². The second-order valence-corrected chi connectivity index (χ2v) is 4.87. The predicted octanol–water partition coefficient (Wildman–Crippen LogP) is 2.24. The van der Waals surface area contributed by atoms with E-state index in [1.807, 2.05) is 13.0 Å². The molecule has 3 heterocycles. The highest BCUT2D eigenvalue weighted by Crippen LogP contribution is 2.20. The van der Waals surface area contributed by atoms with E-state index in [1.54, 1.807) is 37.7 Å². The van der Waals surface area contributed by atoms with Crippen molar-refractivity contribution in [3.8, 4) is 17.1 Å². The van der Waals surface area contributed by atoms with Crippen LogP contribution in [0.2, 0.25) is 0 Å². The minimum absolute atomic E-state index is 0.312. The lowest BCUT2D eigenvalue weighted by atomic mass is 10.2. The Morgan fingerprint density at radius 2 is 2.00 bits per heavy atom. The molecular weight excluding hydrogens is 308 g/mol. The summed E-state index contributed by atoms with van der Waals surface area (Å²) >= 11 is 0. The Bertz CT molecular complexity index is 866. The van der Waals surface area contributed by atoms with Crippen LogP contribution >= 0.6 is 0 Å². The molecule has 8 heteroatoms. The zero-order chi connectivity index (χ0) is 16.9. The van der Waals surface area contributed by atoms with E-state index >= 15 is 0 Å². The zero-order valence-corrected chi connectivity index (χ0v) is 13.3. The first kappa shape index (κ1) is 15.6. The van der Waals surface area contributed by atoms with Crippen molar-refractivity contribution in [2.75, 3.05) is 19.0 Å². The Morgan fingerprint density at radius 3 is 2.71 bits per heavy atom. The lowest BCUT2D eigenvalue weighted by Crippen LogP contribution is -2.28. The third-order valence-corrected chi connectivity index (χ3v) is 3.23. The number of amides is 2. The van der Waals surface area contributed by atoms with Crippen LogP contribution in [0.15, 0.2) is 36.7 Å². The van der Waals surface area contributed by atoms with E-state index < -0.39 is 0 Å². The van der Waals surface area contributed by atoms with Crippen LogP contribution in [0.3, 0.4) is 0 Å². The summed E-state index contributed by atoms with van der Waals surface area (Å²) in [6, 6.07) is 6.72. The van der Waals surface area contributed by atoms with Crippen LogP contribution < -0.4 is 15.4 Å². The molecule has 0 aliphatic carbocycles. The van der Waals surface area contributed by atoms with Crippen molar-refractivity contribution in [2.45, 2.75) is 6.92 Å². The van der Waals surface area contributed by atoms with Crippen molar-refractivity contribution in [1.82, 2.24) is 25.3 Å². The summed E-state index contributed by atoms with van der Waals surface area (Å²) in [5.74, 6) is 0.937. The number of nitrogens with zero attached hydrogens (tertiary/aromatic N) is 4. The number of carbonyl (C=O) groups is 1. The smallest absolute Gasteiger partial charge is 0.320 e. The Morgan fingerprint density at radius 1 is 1.12 bits per heavy atom. The SMILES string of the molecule is CCNC(=O)Nc1ccc2ncc(-c3ccc(OC)nc3)nc2n1. The number of urea groups is 1. The van der Waals surface area contributed by atoms with Gasteiger partial charge in [0.2, 0.25) is 5.88 Å². The third-order valence-electron chi connectivity index (χ3n) is 3.23. The molecule has 0 bridgehead atoms. The molecule has 122 valence electrons. The van der Waals surface area contributed by atoms with Gasteiger partial charge in [0.25, 0.3) is 0 Å². The van der Waals surface area contributed by atoms with Gasteiger partial charge in [-0.1, -0.05) is 0 Å². The molecule has 0 saturated carbocycles. The molecule has 3 aromatic heterocycles. The molecule has 0 saturated heterocycles. The summed E-state index contributed by atoms with van der Waals surface area (Å²) in [4.78, 5) is 28.9. The van der Waals surface area contributed by atoms with Gasteiger partial charge in [0.15, 0.2) is 5.65 Å². The summed E-state index contributed by atoms with van der Waals surface area (Å²) in [6.45, 7) is 2.38. The molecule has 2 N–H and O–H groups in total. The van der Waals surface area contributed by atoms with Crippen LogP contribution in [-0.4, -0.2) is 39.6 Å². The first-order valence-electron chi connectivity index (χ1n) is 7.38. The van der Waals surface area contributed by atoms with Crippen molar-refractivity contribution in [1.29, 1.82) is 0 Å². The predicted molar refractivity (Wildman–Crippen MR) is 89.8 cm³/mol. The number of rotatable bonds is 4. The largest absolute Gasteiger partial charge is 0.481 e. The summed E-state index contributed by atoms with van der Waals surface area (Å²) in [5, 5.41) is 5.30. The molecule has 0 radical (unpaired) electrons. The number of hydrogen-bond acceptors (Lipinski definition) is 6. The molecule has 0 aliphatic rings. The number of fused-ring (bicyclic) bond motifs is 1. The van der Waals surface area contributed by atoms with Crippen molar-refractivity contribution < 1.29 is 9.53 Å². The van der Waals surface area contributed by atoms with Crippen LogP contribution in [0.25, 0.3) is 22.4 Å². The van der Waals surface area contributed by atoms with Gasteiger partial charge in [-0.3, -0.25) is 10.3 Å². The van der Waals surface area contributed by atoms with Crippen molar-refractivity contribution >= 4 is 23.0 Å². The average molecular weight is 324 g/mol. The number of hydrogen-bond donors (Lipinski definition) is 2. The summed E-state index contributed by atoms with van der Waals surface area (Å²) in [7, 11) is 1.56. The summed E-state index contributed by atoms with van der Waals surface area (Å²) in [6.07, 6.45) is 3.32. The molecule has 0 atom stereocenters. The second-order valence-electron chi connectivity index (χ2n) is 4.87. The third kappa shape index (κ3) is 3.37. The summed E-state index contributed by atoms with van der Waals surface area (Å²) < 4.78 is 5.04. The lowest BCUT2D eigenvalue weighted by Gasteiger charge is -2.06. The van der Waals surface area contributed by atoms with Gasteiger partial charge in [0.1, 0.15) is 11.3 Å². The number of aromatic nitrogens is 4. The first-order valence-corrected chi connectivity index (χ1v) is 7.38. The molecule has 0 fully saturated rings. The van der Waals surface area contributed by atoms with Gasteiger partial charge in [-0.25, -0.2) is 19.7 Å². The van der Waals surface area contributed by atoms with E-state index in [1.165, 1.54) is 0 Å². The number of carbonyl (C=O) groups excluding carboxylic acids is 1. The van der Waals surface area contributed by atoms with Crippen LogP contribution in [0.4, 0.5) is 10.6 Å². The highest BCUT2D eigenvalue weighted by atomic mass is 16.5. The zero-order valence-electron chi connectivity index (χ0n) is 13.3. The van der Waals surface area contributed by atoms with Crippen molar-refractivity contribution in [2.24, 2.45) is 0 Å². The van der Waals surface area contributed by atoms with Crippen molar-refractivity contribution in [3.05, 3.63) is 36.7 Å². The Hall–Kier alpha value is -3.29. The fraction of sp³-hybridized carbons (Fsp3) is 0.188. The molecule has 3 rings (SSSR count). The minimum atomic E-state index is -0.312. The topological polar surface area (TPSA) is 102 Å². The molecule has 0 spiro atoms. The molecule has 3 aromatic rings. The van der Waals surface area contributed by atoms with Gasteiger partial charge in [-0.2, -0.15) is 0 Å². The fourth-order valence-electron chi connectivity index (χ4n) is 2.08. The molecule has 2 amide bonds. The second kappa shape index (κ2) is 6.86. The van der Waals surface area contributed by atoms with E-state index in [0.717, 1.165) is 5.56 Å². The van der Waals surface area contributed by atoms with Gasteiger partial charge in [0, 0.05) is 24.4 Å². The Kier molecular flexibility index (Phi) is 4.46. The monoisotopic (exact) mass is 324 g/mol. The maximum atomic E-state index is 11.6. The number of anilines is 1. The quantitative estimate of drug-likeness (QED) is 0.763. The number of ether oxygens (including phenoxy) is 1. The van der Waals surface area contributed by atoms with E-state index in [-0.39, 0.29) is 6.03 Å². The molecule has 0 unspecified atom stereocenters. The van der Waals surface area contributed by atoms with Crippen LogP contribution in [0.1, 0.15) is 6.92 Å². The highest BCUT2D eigenvalue weighted by molar-refractivity contribution is 5.89.